The predicted molar refractivity (Wildman–Crippen MR) is 84.3 cm³/mol. The molecular formula is C14H14Br2N2O2. The number of ether oxygens (including phenoxy) is 1. The van der Waals surface area contributed by atoms with E-state index < -0.39 is 0 Å². The summed E-state index contributed by atoms with van der Waals surface area (Å²) >= 11 is 6.81. The SMILES string of the molecule is CCCn1ncc(Br)c1C(=O)c1cc(OC)ccc1Br. The van der Waals surface area contributed by atoms with Gasteiger partial charge in [0.25, 0.3) is 0 Å². The van der Waals surface area contributed by atoms with Gasteiger partial charge in [0.2, 0.25) is 5.78 Å². The van der Waals surface area contributed by atoms with Gasteiger partial charge in [0.15, 0.2) is 0 Å². The van der Waals surface area contributed by atoms with E-state index in [0.717, 1.165) is 10.9 Å². The van der Waals surface area contributed by atoms with Gasteiger partial charge in [-0.3, -0.25) is 9.48 Å². The number of rotatable bonds is 5. The van der Waals surface area contributed by atoms with Crippen LogP contribution in [0.3, 0.4) is 0 Å². The average molecular weight is 402 g/mol. The molecule has 0 amide bonds. The molecule has 1 aromatic carbocycles. The molecule has 0 radical (unpaired) electrons. The molecule has 0 saturated heterocycles. The zero-order chi connectivity index (χ0) is 14.7. The third-order valence-corrected chi connectivity index (χ3v) is 4.14. The molecule has 0 aliphatic rings. The molecule has 0 unspecified atom stereocenters. The highest BCUT2D eigenvalue weighted by atomic mass is 79.9. The third kappa shape index (κ3) is 2.96. The molecular weight excluding hydrogens is 388 g/mol. The van der Waals surface area contributed by atoms with Crippen LogP contribution in [0.5, 0.6) is 5.75 Å². The zero-order valence-corrected chi connectivity index (χ0v) is 14.4. The lowest BCUT2D eigenvalue weighted by Gasteiger charge is -2.09. The number of carbonyl (C=O) groups is 1. The molecule has 0 aliphatic carbocycles. The van der Waals surface area contributed by atoms with Crippen LogP contribution in [0.4, 0.5) is 0 Å². The van der Waals surface area contributed by atoms with E-state index in [1.807, 2.05) is 6.92 Å². The predicted octanol–water partition coefficient (Wildman–Crippen LogP) is 4.06. The van der Waals surface area contributed by atoms with Crippen molar-refractivity contribution in [2.75, 3.05) is 7.11 Å². The first kappa shape index (κ1) is 15.3. The molecule has 4 nitrogen and oxygen atoms in total. The molecule has 1 aromatic heterocycles. The molecule has 2 aromatic rings. The second-order valence-corrected chi connectivity index (χ2v) is 5.95. The van der Waals surface area contributed by atoms with Crippen molar-refractivity contribution in [3.63, 3.8) is 0 Å². The number of carbonyl (C=O) groups excluding carboxylic acids is 1. The van der Waals surface area contributed by atoms with Crippen LogP contribution >= 0.6 is 31.9 Å². The van der Waals surface area contributed by atoms with E-state index in [-0.39, 0.29) is 5.78 Å². The highest BCUT2D eigenvalue weighted by Crippen LogP contribution is 2.27. The van der Waals surface area contributed by atoms with Gasteiger partial charge < -0.3 is 4.74 Å². The van der Waals surface area contributed by atoms with Crippen LogP contribution < -0.4 is 4.74 Å². The van der Waals surface area contributed by atoms with Crippen LogP contribution in [0.15, 0.2) is 33.3 Å². The second-order valence-electron chi connectivity index (χ2n) is 4.24. The lowest BCUT2D eigenvalue weighted by molar-refractivity contribution is 0.102. The summed E-state index contributed by atoms with van der Waals surface area (Å²) in [5.74, 6) is 0.558. The summed E-state index contributed by atoms with van der Waals surface area (Å²) in [6, 6.07) is 5.34. The third-order valence-electron chi connectivity index (χ3n) is 2.86. The largest absolute Gasteiger partial charge is 0.497 e. The highest BCUT2D eigenvalue weighted by molar-refractivity contribution is 9.10. The van der Waals surface area contributed by atoms with Gasteiger partial charge in [-0.15, -0.1) is 0 Å². The fraction of sp³-hybridized carbons (Fsp3) is 0.286. The van der Waals surface area contributed by atoms with Gasteiger partial charge in [-0.05, 0) is 40.5 Å². The number of methoxy groups -OCH3 is 1. The Hall–Kier alpha value is -1.14. The maximum Gasteiger partial charge on any atom is 0.213 e. The Kier molecular flexibility index (Phi) is 4.99. The molecule has 0 saturated carbocycles. The topological polar surface area (TPSA) is 44.1 Å². The number of ketones is 1. The molecule has 0 spiro atoms. The minimum atomic E-state index is -0.0893. The Morgan fingerprint density at radius 1 is 1.35 bits per heavy atom. The van der Waals surface area contributed by atoms with E-state index in [9.17, 15) is 4.79 Å². The van der Waals surface area contributed by atoms with E-state index in [2.05, 4.69) is 37.0 Å². The van der Waals surface area contributed by atoms with Gasteiger partial charge in [-0.25, -0.2) is 0 Å². The number of hydrogen-bond acceptors (Lipinski definition) is 3. The smallest absolute Gasteiger partial charge is 0.213 e. The van der Waals surface area contributed by atoms with Crippen molar-refractivity contribution in [1.29, 1.82) is 0 Å². The number of benzene rings is 1. The van der Waals surface area contributed by atoms with Gasteiger partial charge in [-0.1, -0.05) is 22.9 Å². The van der Waals surface area contributed by atoms with Crippen LogP contribution in [0.25, 0.3) is 0 Å². The van der Waals surface area contributed by atoms with Crippen molar-refractivity contribution < 1.29 is 9.53 Å². The fourth-order valence-corrected chi connectivity index (χ4v) is 2.81. The van der Waals surface area contributed by atoms with Crippen molar-refractivity contribution in [1.82, 2.24) is 9.78 Å². The summed E-state index contributed by atoms with van der Waals surface area (Å²) < 4.78 is 8.33. The minimum absolute atomic E-state index is 0.0893. The Morgan fingerprint density at radius 2 is 2.10 bits per heavy atom. The van der Waals surface area contributed by atoms with Crippen LogP contribution in [-0.4, -0.2) is 22.7 Å². The highest BCUT2D eigenvalue weighted by Gasteiger charge is 2.21. The number of aromatic nitrogens is 2. The molecule has 1 heterocycles. The minimum Gasteiger partial charge on any atom is -0.497 e. The normalized spacial score (nSPS) is 10.6. The number of aryl methyl sites for hydroxylation is 1. The molecule has 0 aliphatic heterocycles. The van der Waals surface area contributed by atoms with Gasteiger partial charge in [0.05, 0.1) is 17.8 Å². The molecule has 106 valence electrons. The summed E-state index contributed by atoms with van der Waals surface area (Å²) in [6.07, 6.45) is 2.56. The maximum atomic E-state index is 12.7. The van der Waals surface area contributed by atoms with E-state index in [1.165, 1.54) is 0 Å². The molecule has 0 atom stereocenters. The average Bonchev–Trinajstić information content (AvgIpc) is 2.80. The molecule has 2 rings (SSSR count). The lowest BCUT2D eigenvalue weighted by Crippen LogP contribution is -2.12. The lowest BCUT2D eigenvalue weighted by atomic mass is 10.1. The Balaban J connectivity index is 2.48. The number of halogens is 2. The second kappa shape index (κ2) is 6.54. The van der Waals surface area contributed by atoms with Crippen LogP contribution in [0.1, 0.15) is 29.4 Å². The zero-order valence-electron chi connectivity index (χ0n) is 11.2. The molecule has 6 heteroatoms. The summed E-state index contributed by atoms with van der Waals surface area (Å²) in [6.45, 7) is 2.75. The Labute approximate surface area is 134 Å². The first-order valence-electron chi connectivity index (χ1n) is 6.18. The Morgan fingerprint density at radius 3 is 2.75 bits per heavy atom. The standard InChI is InChI=1S/C14H14Br2N2O2/c1-3-6-18-13(12(16)8-17-18)14(19)10-7-9(20-2)4-5-11(10)15/h4-5,7-8H,3,6H2,1-2H3. The molecule has 0 fully saturated rings. The van der Waals surface area contributed by atoms with Crippen LogP contribution in [0, 0.1) is 0 Å². The van der Waals surface area contributed by atoms with Crippen molar-refractivity contribution in [2.45, 2.75) is 19.9 Å². The summed E-state index contributed by atoms with van der Waals surface area (Å²) in [7, 11) is 1.58. The summed E-state index contributed by atoms with van der Waals surface area (Å²) in [5, 5.41) is 4.23. The van der Waals surface area contributed by atoms with Gasteiger partial charge in [0, 0.05) is 16.6 Å². The summed E-state index contributed by atoms with van der Waals surface area (Å²) in [4.78, 5) is 12.7. The first-order valence-corrected chi connectivity index (χ1v) is 7.76. The van der Waals surface area contributed by atoms with E-state index in [4.69, 9.17) is 4.74 Å². The number of nitrogens with zero attached hydrogens (tertiary/aromatic N) is 2. The first-order chi connectivity index (χ1) is 9.58. The van der Waals surface area contributed by atoms with E-state index in [1.54, 1.807) is 36.2 Å². The number of hydrogen-bond donors (Lipinski definition) is 0. The fourth-order valence-electron chi connectivity index (χ4n) is 1.90. The molecule has 0 N–H and O–H groups in total. The van der Waals surface area contributed by atoms with Crippen molar-refractivity contribution in [3.05, 3.63) is 44.6 Å². The summed E-state index contributed by atoms with van der Waals surface area (Å²) in [5.41, 5.74) is 1.11. The molecule has 20 heavy (non-hydrogen) atoms. The monoisotopic (exact) mass is 400 g/mol. The van der Waals surface area contributed by atoms with Gasteiger partial charge in [-0.2, -0.15) is 5.10 Å². The van der Waals surface area contributed by atoms with Crippen LogP contribution in [-0.2, 0) is 6.54 Å². The van der Waals surface area contributed by atoms with Crippen LogP contribution in [0.2, 0.25) is 0 Å². The maximum absolute atomic E-state index is 12.7. The van der Waals surface area contributed by atoms with Crippen molar-refractivity contribution >= 4 is 37.6 Å². The van der Waals surface area contributed by atoms with Crippen molar-refractivity contribution in [3.8, 4) is 5.75 Å². The van der Waals surface area contributed by atoms with Gasteiger partial charge >= 0.3 is 0 Å². The van der Waals surface area contributed by atoms with E-state index >= 15 is 0 Å². The van der Waals surface area contributed by atoms with Crippen molar-refractivity contribution in [2.24, 2.45) is 0 Å². The van der Waals surface area contributed by atoms with E-state index in [0.29, 0.717) is 28.0 Å². The molecule has 0 bridgehead atoms. The van der Waals surface area contributed by atoms with Gasteiger partial charge in [0.1, 0.15) is 11.4 Å². The Bertz CT molecular complexity index is 638. The quantitative estimate of drug-likeness (QED) is 0.709.